The number of methoxy groups -OCH3 is 1. The molecule has 1 fully saturated rings. The van der Waals surface area contributed by atoms with Gasteiger partial charge in [0.15, 0.2) is 17.1 Å². The molecule has 0 unspecified atom stereocenters. The number of carbonyl (C=O) groups is 1. The molecular formula is C26H29N9O4. The Balaban J connectivity index is 1.14. The molecule has 202 valence electrons. The number of hydrogen-bond donors (Lipinski definition) is 1. The predicted octanol–water partition coefficient (Wildman–Crippen LogP) is 2.25. The van der Waals surface area contributed by atoms with E-state index in [1.165, 1.54) is 4.52 Å². The number of ether oxygens (including phenoxy) is 2. The quantitative estimate of drug-likeness (QED) is 0.296. The number of carbonyl (C=O) groups excluding carboxylic acids is 1. The number of amides is 1. The van der Waals surface area contributed by atoms with E-state index < -0.39 is 6.04 Å². The summed E-state index contributed by atoms with van der Waals surface area (Å²) in [5, 5.41) is 9.62. The molecule has 0 bridgehead atoms. The molecule has 2 N–H and O–H groups in total. The van der Waals surface area contributed by atoms with Crippen LogP contribution in [0.5, 0.6) is 5.75 Å². The van der Waals surface area contributed by atoms with Gasteiger partial charge >= 0.3 is 0 Å². The summed E-state index contributed by atoms with van der Waals surface area (Å²) >= 11 is 0. The van der Waals surface area contributed by atoms with E-state index in [1.54, 1.807) is 36.4 Å². The first-order valence-electron chi connectivity index (χ1n) is 12.7. The van der Waals surface area contributed by atoms with Crippen molar-refractivity contribution in [2.45, 2.75) is 13.0 Å². The van der Waals surface area contributed by atoms with Crippen molar-refractivity contribution in [3.05, 3.63) is 48.9 Å². The average Bonchev–Trinajstić information content (AvgIpc) is 3.73. The molecule has 13 heteroatoms. The summed E-state index contributed by atoms with van der Waals surface area (Å²) in [6, 6.07) is 11.0. The molecule has 1 amide bonds. The number of piperazine rings is 1. The maximum atomic E-state index is 13.4. The highest BCUT2D eigenvalue weighted by Gasteiger charge is 2.27. The predicted molar refractivity (Wildman–Crippen MR) is 144 cm³/mol. The van der Waals surface area contributed by atoms with E-state index >= 15 is 0 Å². The van der Waals surface area contributed by atoms with Crippen molar-refractivity contribution < 1.29 is 18.7 Å². The average molecular weight is 532 g/mol. The highest BCUT2D eigenvalue weighted by molar-refractivity contribution is 5.90. The van der Waals surface area contributed by atoms with Gasteiger partial charge in [0.1, 0.15) is 18.4 Å². The van der Waals surface area contributed by atoms with Crippen molar-refractivity contribution in [1.29, 1.82) is 0 Å². The molecule has 39 heavy (non-hydrogen) atoms. The van der Waals surface area contributed by atoms with Gasteiger partial charge in [-0.3, -0.25) is 9.48 Å². The van der Waals surface area contributed by atoms with Crippen molar-refractivity contribution in [2.75, 3.05) is 57.1 Å². The minimum Gasteiger partial charge on any atom is -0.491 e. The third-order valence-electron chi connectivity index (χ3n) is 6.84. The molecule has 5 heterocycles. The molecule has 13 nitrogen and oxygen atoms in total. The lowest BCUT2D eigenvalue weighted by Gasteiger charge is -2.37. The fourth-order valence-electron chi connectivity index (χ4n) is 4.69. The lowest BCUT2D eigenvalue weighted by molar-refractivity contribution is -0.134. The van der Waals surface area contributed by atoms with E-state index in [2.05, 4.69) is 25.1 Å². The number of nitrogens with zero attached hydrogens (tertiary/aromatic N) is 8. The van der Waals surface area contributed by atoms with Crippen LogP contribution in [0, 0.1) is 0 Å². The molecule has 1 saturated heterocycles. The fourth-order valence-corrected chi connectivity index (χ4v) is 4.69. The van der Waals surface area contributed by atoms with Crippen LogP contribution in [-0.2, 0) is 9.53 Å². The van der Waals surface area contributed by atoms with Gasteiger partial charge in [0, 0.05) is 45.2 Å². The van der Waals surface area contributed by atoms with Crippen LogP contribution < -0.4 is 15.4 Å². The highest BCUT2D eigenvalue weighted by Crippen LogP contribution is 2.25. The molecule has 1 aliphatic heterocycles. The maximum absolute atomic E-state index is 13.4. The second-order valence-corrected chi connectivity index (χ2v) is 9.29. The van der Waals surface area contributed by atoms with E-state index in [4.69, 9.17) is 19.6 Å². The summed E-state index contributed by atoms with van der Waals surface area (Å²) in [6.45, 7) is 5.59. The topological polar surface area (TPSA) is 142 Å². The summed E-state index contributed by atoms with van der Waals surface area (Å²) in [5.74, 6) is 1.86. The van der Waals surface area contributed by atoms with E-state index in [9.17, 15) is 4.79 Å². The third-order valence-corrected chi connectivity index (χ3v) is 6.84. The van der Waals surface area contributed by atoms with Crippen LogP contribution in [0.25, 0.3) is 28.3 Å². The van der Waals surface area contributed by atoms with Gasteiger partial charge < -0.3 is 29.4 Å². The molecule has 4 aromatic heterocycles. The molecule has 6 rings (SSSR count). The van der Waals surface area contributed by atoms with E-state index in [1.807, 2.05) is 36.1 Å². The minimum absolute atomic E-state index is 0.00826. The SMILES string of the molecule is COCCOc1ccc(N2CCN(C(=O)[C@@H](C)n3cc4c(nc(N)n5nc(-c6ccco6)nc45)n3)CC2)cc1. The summed E-state index contributed by atoms with van der Waals surface area (Å²) in [6.07, 6.45) is 3.33. The number of fused-ring (bicyclic) bond motifs is 3. The number of anilines is 2. The largest absolute Gasteiger partial charge is 0.491 e. The number of nitrogens with two attached hydrogens (primary N) is 1. The molecule has 0 radical (unpaired) electrons. The zero-order chi connectivity index (χ0) is 26.9. The van der Waals surface area contributed by atoms with Crippen molar-refractivity contribution in [1.82, 2.24) is 34.3 Å². The van der Waals surface area contributed by atoms with Crippen LogP contribution in [0.1, 0.15) is 13.0 Å². The van der Waals surface area contributed by atoms with Crippen LogP contribution in [0.15, 0.2) is 53.3 Å². The Hall–Kier alpha value is -4.65. The Kier molecular flexibility index (Phi) is 6.49. The van der Waals surface area contributed by atoms with Crippen molar-refractivity contribution >= 4 is 34.2 Å². The van der Waals surface area contributed by atoms with Crippen LogP contribution >= 0.6 is 0 Å². The minimum atomic E-state index is -0.525. The smallest absolute Gasteiger partial charge is 0.247 e. The summed E-state index contributed by atoms with van der Waals surface area (Å²) in [5.41, 5.74) is 8.12. The van der Waals surface area contributed by atoms with E-state index in [0.717, 1.165) is 24.5 Å². The van der Waals surface area contributed by atoms with E-state index in [-0.39, 0.29) is 11.9 Å². The first-order chi connectivity index (χ1) is 19.0. The van der Waals surface area contributed by atoms with Gasteiger partial charge in [0.2, 0.25) is 17.7 Å². The van der Waals surface area contributed by atoms with E-state index in [0.29, 0.717) is 54.6 Å². The van der Waals surface area contributed by atoms with Crippen molar-refractivity contribution in [2.24, 2.45) is 0 Å². The van der Waals surface area contributed by atoms with Gasteiger partial charge in [-0.2, -0.15) is 14.6 Å². The molecule has 0 aliphatic carbocycles. The van der Waals surface area contributed by atoms with Crippen LogP contribution in [0.2, 0.25) is 0 Å². The molecule has 1 aromatic carbocycles. The molecular weight excluding hydrogens is 502 g/mol. The third kappa shape index (κ3) is 4.72. The fraction of sp³-hybridized carbons (Fsp3) is 0.346. The normalized spacial score (nSPS) is 14.8. The van der Waals surface area contributed by atoms with Gasteiger partial charge in [0.25, 0.3) is 0 Å². The first-order valence-corrected chi connectivity index (χ1v) is 12.7. The molecule has 1 aliphatic rings. The summed E-state index contributed by atoms with van der Waals surface area (Å²) in [7, 11) is 1.65. The van der Waals surface area contributed by atoms with Crippen LogP contribution in [-0.4, -0.2) is 86.7 Å². The zero-order valence-corrected chi connectivity index (χ0v) is 21.7. The van der Waals surface area contributed by atoms with Gasteiger partial charge in [-0.15, -0.1) is 5.10 Å². The van der Waals surface area contributed by atoms with Crippen LogP contribution in [0.4, 0.5) is 11.6 Å². The number of nitrogen functional groups attached to an aromatic ring is 1. The Morgan fingerprint density at radius 2 is 1.87 bits per heavy atom. The summed E-state index contributed by atoms with van der Waals surface area (Å²) < 4.78 is 19.2. The Bertz CT molecular complexity index is 1590. The molecule has 0 spiro atoms. The molecule has 1 atom stereocenters. The van der Waals surface area contributed by atoms with Gasteiger partial charge in [-0.1, -0.05) is 0 Å². The van der Waals surface area contributed by atoms with Crippen LogP contribution in [0.3, 0.4) is 0 Å². The van der Waals surface area contributed by atoms with Crippen molar-refractivity contribution in [3.8, 4) is 17.3 Å². The zero-order valence-electron chi connectivity index (χ0n) is 21.7. The maximum Gasteiger partial charge on any atom is 0.247 e. The van der Waals surface area contributed by atoms with Gasteiger partial charge in [-0.25, -0.2) is 4.98 Å². The number of aromatic nitrogens is 6. The monoisotopic (exact) mass is 531 g/mol. The standard InChI is InChI=1S/C26H29N9O4/c1-17(25(36)33-11-9-32(10-12-33)18-5-7-19(8-6-18)38-15-14-37-2)34-16-20-22(30-34)29-26(27)35-24(20)28-23(31-35)21-4-3-13-39-21/h3-8,13,16-17H,9-12,14-15H2,1-2H3,(H2,27,29,30)/t17-/m1/s1. The van der Waals surface area contributed by atoms with Crippen molar-refractivity contribution in [3.63, 3.8) is 0 Å². The second kappa shape index (κ2) is 10.3. The number of rotatable bonds is 8. The lowest BCUT2D eigenvalue weighted by atomic mass is 10.2. The number of furan rings is 1. The second-order valence-electron chi connectivity index (χ2n) is 9.29. The molecule has 5 aromatic rings. The first kappa shape index (κ1) is 24.7. The lowest BCUT2D eigenvalue weighted by Crippen LogP contribution is -2.50. The Morgan fingerprint density at radius 3 is 2.59 bits per heavy atom. The number of benzene rings is 1. The Labute approximate surface area is 223 Å². The Morgan fingerprint density at radius 1 is 1.08 bits per heavy atom. The van der Waals surface area contributed by atoms with Gasteiger partial charge in [0.05, 0.1) is 18.3 Å². The number of hydrogen-bond acceptors (Lipinski definition) is 10. The molecule has 0 saturated carbocycles. The van der Waals surface area contributed by atoms with Gasteiger partial charge in [-0.05, 0) is 43.3 Å². The summed E-state index contributed by atoms with van der Waals surface area (Å²) in [4.78, 5) is 26.5. The highest BCUT2D eigenvalue weighted by atomic mass is 16.5.